The van der Waals surface area contributed by atoms with Gasteiger partial charge in [0, 0.05) is 12.1 Å². The molecule has 2 rings (SSSR count). The van der Waals surface area contributed by atoms with Crippen molar-refractivity contribution in [3.05, 3.63) is 36.0 Å². The Balaban J connectivity index is 2.54. The quantitative estimate of drug-likeness (QED) is 0.856. The number of benzene rings is 1. The highest BCUT2D eigenvalue weighted by Crippen LogP contribution is 2.31. The van der Waals surface area contributed by atoms with Crippen LogP contribution in [-0.4, -0.2) is 14.9 Å². The van der Waals surface area contributed by atoms with Gasteiger partial charge in [0.25, 0.3) is 0 Å². The Morgan fingerprint density at radius 3 is 2.38 bits per heavy atom. The van der Waals surface area contributed by atoms with Crippen molar-refractivity contribution in [3.63, 3.8) is 0 Å². The van der Waals surface area contributed by atoms with Crippen LogP contribution in [0.2, 0.25) is 0 Å². The van der Waals surface area contributed by atoms with Crippen LogP contribution in [0.1, 0.15) is 19.5 Å². The van der Waals surface area contributed by atoms with Gasteiger partial charge in [-0.25, -0.2) is 0 Å². The topological polar surface area (TPSA) is 38.1 Å². The molecule has 0 bridgehead atoms. The van der Waals surface area contributed by atoms with Gasteiger partial charge in [0.15, 0.2) is 5.75 Å². The summed E-state index contributed by atoms with van der Waals surface area (Å²) in [5, 5.41) is 14.5. The fourth-order valence-electron chi connectivity index (χ4n) is 1.89. The monoisotopic (exact) mass is 216 g/mol. The predicted molar refractivity (Wildman–Crippen MR) is 64.4 cm³/mol. The van der Waals surface area contributed by atoms with E-state index in [-0.39, 0.29) is 0 Å². The molecule has 1 N–H and O–H groups in total. The average molecular weight is 216 g/mol. The van der Waals surface area contributed by atoms with Crippen LogP contribution in [0.4, 0.5) is 0 Å². The number of aromatic hydroxyl groups is 1. The molecular weight excluding hydrogens is 200 g/mol. The summed E-state index contributed by atoms with van der Waals surface area (Å²) in [6.45, 7) is 4.83. The summed E-state index contributed by atoms with van der Waals surface area (Å²) in [5.74, 6) is 0.315. The van der Waals surface area contributed by atoms with Crippen LogP contribution in [-0.2, 0) is 13.0 Å². The minimum absolute atomic E-state index is 0.315. The molecule has 0 fully saturated rings. The standard InChI is InChI=1S/C13H16N2O/c1-3-11-13(16)12(14-15(11)4-2)10-8-6-5-7-9-10/h5-9,16H,3-4H2,1-2H3. The number of hydrogen-bond acceptors (Lipinski definition) is 2. The number of hydrogen-bond donors (Lipinski definition) is 1. The third-order valence-corrected chi connectivity index (χ3v) is 2.71. The van der Waals surface area contributed by atoms with Crippen molar-refractivity contribution in [2.24, 2.45) is 0 Å². The number of rotatable bonds is 3. The van der Waals surface area contributed by atoms with Gasteiger partial charge in [0.05, 0.1) is 5.69 Å². The van der Waals surface area contributed by atoms with Gasteiger partial charge in [-0.2, -0.15) is 5.10 Å². The maximum absolute atomic E-state index is 10.1. The maximum Gasteiger partial charge on any atom is 0.164 e. The Bertz CT molecular complexity index is 474. The SMILES string of the molecule is CCc1c(O)c(-c2ccccc2)nn1CC. The molecule has 1 heterocycles. The first-order valence-electron chi connectivity index (χ1n) is 5.62. The number of aryl methyl sites for hydroxylation is 1. The second-order valence-corrected chi connectivity index (χ2v) is 3.68. The summed E-state index contributed by atoms with van der Waals surface area (Å²) in [5.41, 5.74) is 2.54. The fourth-order valence-corrected chi connectivity index (χ4v) is 1.89. The predicted octanol–water partition coefficient (Wildman–Crippen LogP) is 2.84. The van der Waals surface area contributed by atoms with E-state index >= 15 is 0 Å². The highest BCUT2D eigenvalue weighted by molar-refractivity contribution is 5.67. The van der Waals surface area contributed by atoms with Crippen molar-refractivity contribution < 1.29 is 5.11 Å². The molecule has 3 nitrogen and oxygen atoms in total. The van der Waals surface area contributed by atoms with Crippen LogP contribution in [0.5, 0.6) is 5.75 Å². The first kappa shape index (κ1) is 10.7. The molecular formula is C13H16N2O. The van der Waals surface area contributed by atoms with Gasteiger partial charge in [-0.05, 0) is 13.3 Å². The molecule has 0 saturated heterocycles. The third kappa shape index (κ3) is 1.69. The van der Waals surface area contributed by atoms with Gasteiger partial charge in [0.1, 0.15) is 5.69 Å². The van der Waals surface area contributed by atoms with E-state index in [4.69, 9.17) is 0 Å². The molecule has 2 aromatic rings. The van der Waals surface area contributed by atoms with Gasteiger partial charge in [0.2, 0.25) is 0 Å². The van der Waals surface area contributed by atoms with Crippen molar-refractivity contribution >= 4 is 0 Å². The molecule has 84 valence electrons. The zero-order valence-electron chi connectivity index (χ0n) is 9.64. The Kier molecular flexibility index (Phi) is 2.95. The van der Waals surface area contributed by atoms with E-state index < -0.39 is 0 Å². The van der Waals surface area contributed by atoms with Crippen molar-refractivity contribution in [1.82, 2.24) is 9.78 Å². The fraction of sp³-hybridized carbons (Fsp3) is 0.308. The lowest BCUT2D eigenvalue weighted by atomic mass is 10.1. The van der Waals surface area contributed by atoms with E-state index in [9.17, 15) is 5.11 Å². The van der Waals surface area contributed by atoms with Crippen LogP contribution in [0.3, 0.4) is 0 Å². The van der Waals surface area contributed by atoms with E-state index in [1.807, 2.05) is 48.9 Å². The smallest absolute Gasteiger partial charge is 0.164 e. The van der Waals surface area contributed by atoms with E-state index in [2.05, 4.69) is 5.10 Å². The van der Waals surface area contributed by atoms with Crippen molar-refractivity contribution in [2.75, 3.05) is 0 Å². The van der Waals surface area contributed by atoms with Gasteiger partial charge in [-0.15, -0.1) is 0 Å². The zero-order valence-corrected chi connectivity index (χ0v) is 9.64. The van der Waals surface area contributed by atoms with Crippen molar-refractivity contribution in [1.29, 1.82) is 0 Å². The summed E-state index contributed by atoms with van der Waals surface area (Å²) in [6.07, 6.45) is 0.791. The first-order chi connectivity index (χ1) is 7.77. The second kappa shape index (κ2) is 4.39. The van der Waals surface area contributed by atoms with E-state index in [1.54, 1.807) is 0 Å². The van der Waals surface area contributed by atoms with Gasteiger partial charge in [-0.1, -0.05) is 37.3 Å². The lowest BCUT2D eigenvalue weighted by Gasteiger charge is -1.99. The summed E-state index contributed by atoms with van der Waals surface area (Å²) in [4.78, 5) is 0. The third-order valence-electron chi connectivity index (χ3n) is 2.71. The molecule has 0 atom stereocenters. The van der Waals surface area contributed by atoms with Gasteiger partial charge >= 0.3 is 0 Å². The molecule has 0 saturated carbocycles. The van der Waals surface area contributed by atoms with Crippen LogP contribution in [0, 0.1) is 0 Å². The van der Waals surface area contributed by atoms with Gasteiger partial charge < -0.3 is 5.11 Å². The molecule has 0 aliphatic rings. The van der Waals surface area contributed by atoms with E-state index in [0.29, 0.717) is 11.4 Å². The molecule has 0 aliphatic heterocycles. The number of nitrogens with zero attached hydrogens (tertiary/aromatic N) is 2. The Morgan fingerprint density at radius 1 is 1.19 bits per heavy atom. The molecule has 0 radical (unpaired) electrons. The van der Waals surface area contributed by atoms with E-state index in [0.717, 1.165) is 24.2 Å². The second-order valence-electron chi connectivity index (χ2n) is 3.68. The Hall–Kier alpha value is -1.77. The molecule has 16 heavy (non-hydrogen) atoms. The van der Waals surface area contributed by atoms with Gasteiger partial charge in [-0.3, -0.25) is 4.68 Å². The lowest BCUT2D eigenvalue weighted by Crippen LogP contribution is -2.01. The molecule has 0 amide bonds. The molecule has 3 heteroatoms. The highest BCUT2D eigenvalue weighted by Gasteiger charge is 2.15. The minimum Gasteiger partial charge on any atom is -0.504 e. The Labute approximate surface area is 95.3 Å². The molecule has 1 aromatic heterocycles. The minimum atomic E-state index is 0.315. The zero-order chi connectivity index (χ0) is 11.5. The van der Waals surface area contributed by atoms with Crippen molar-refractivity contribution in [3.8, 4) is 17.0 Å². The summed E-state index contributed by atoms with van der Waals surface area (Å²) in [6, 6.07) is 9.78. The largest absolute Gasteiger partial charge is 0.504 e. The molecule has 0 spiro atoms. The summed E-state index contributed by atoms with van der Waals surface area (Å²) >= 11 is 0. The first-order valence-corrected chi connectivity index (χ1v) is 5.62. The van der Waals surface area contributed by atoms with Crippen LogP contribution < -0.4 is 0 Å². The normalized spacial score (nSPS) is 10.6. The molecule has 0 aliphatic carbocycles. The average Bonchev–Trinajstić information content (AvgIpc) is 2.66. The summed E-state index contributed by atoms with van der Waals surface area (Å²) in [7, 11) is 0. The Morgan fingerprint density at radius 2 is 1.88 bits per heavy atom. The lowest BCUT2D eigenvalue weighted by molar-refractivity contribution is 0.466. The van der Waals surface area contributed by atoms with Crippen LogP contribution in [0.15, 0.2) is 30.3 Å². The highest BCUT2D eigenvalue weighted by atomic mass is 16.3. The van der Waals surface area contributed by atoms with E-state index in [1.165, 1.54) is 0 Å². The van der Waals surface area contributed by atoms with Crippen LogP contribution >= 0.6 is 0 Å². The summed E-state index contributed by atoms with van der Waals surface area (Å²) < 4.78 is 1.86. The molecule has 0 unspecified atom stereocenters. The van der Waals surface area contributed by atoms with Crippen LogP contribution in [0.25, 0.3) is 11.3 Å². The molecule has 1 aromatic carbocycles. The van der Waals surface area contributed by atoms with Crippen molar-refractivity contribution in [2.45, 2.75) is 26.8 Å². The maximum atomic E-state index is 10.1. The number of aromatic nitrogens is 2.